The zero-order chi connectivity index (χ0) is 16.3. The van der Waals surface area contributed by atoms with Crippen LogP contribution in [-0.2, 0) is 6.54 Å². The van der Waals surface area contributed by atoms with Crippen LogP contribution in [0.2, 0.25) is 0 Å². The molecule has 0 aliphatic rings. The molecule has 0 bridgehead atoms. The highest BCUT2D eigenvalue weighted by Gasteiger charge is 2.03. The lowest BCUT2D eigenvalue weighted by Crippen LogP contribution is -2.42. The zero-order valence-corrected chi connectivity index (χ0v) is 15.9. The predicted octanol–water partition coefficient (Wildman–Crippen LogP) is 1.10. The maximum absolute atomic E-state index is 11.8. The smallest absolute Gasteiger partial charge is 0.252 e. The van der Waals surface area contributed by atoms with Crippen molar-refractivity contribution in [3.63, 3.8) is 0 Å². The van der Waals surface area contributed by atoms with Crippen LogP contribution in [0, 0.1) is 0 Å². The fourth-order valence-electron chi connectivity index (χ4n) is 2.00. The third-order valence-electron chi connectivity index (χ3n) is 3.18. The highest BCUT2D eigenvalue weighted by molar-refractivity contribution is 14.0. The first-order valence-corrected chi connectivity index (χ1v) is 7.53. The summed E-state index contributed by atoms with van der Waals surface area (Å²) in [5.74, 6) is 0.586. The minimum Gasteiger partial charge on any atom is -0.355 e. The van der Waals surface area contributed by atoms with Crippen LogP contribution < -0.4 is 16.0 Å². The van der Waals surface area contributed by atoms with Gasteiger partial charge in [0.05, 0.1) is 5.56 Å². The van der Waals surface area contributed by atoms with Crippen LogP contribution in [0.5, 0.6) is 0 Å². The molecular formula is C16H23IN6O. The van der Waals surface area contributed by atoms with Crippen molar-refractivity contribution in [3.05, 3.63) is 54.6 Å². The van der Waals surface area contributed by atoms with Crippen molar-refractivity contribution in [1.29, 1.82) is 0 Å². The van der Waals surface area contributed by atoms with Gasteiger partial charge in [0.1, 0.15) is 0 Å². The average Bonchev–Trinajstić information content (AvgIpc) is 3.11. The van der Waals surface area contributed by atoms with Gasteiger partial charge in [0.2, 0.25) is 0 Å². The van der Waals surface area contributed by atoms with E-state index in [9.17, 15) is 4.79 Å². The summed E-state index contributed by atoms with van der Waals surface area (Å²) in [5.41, 5.74) is 0.557. The number of hydrogen-bond donors (Lipinski definition) is 3. The van der Waals surface area contributed by atoms with E-state index < -0.39 is 0 Å². The number of carbonyl (C=O) groups excluding carboxylic acids is 1. The number of amides is 1. The third-order valence-corrected chi connectivity index (χ3v) is 3.18. The Bertz CT molecular complexity index is 615. The lowest BCUT2D eigenvalue weighted by molar-refractivity contribution is 0.0954. The monoisotopic (exact) mass is 442 g/mol. The summed E-state index contributed by atoms with van der Waals surface area (Å²) >= 11 is 0. The number of guanidine groups is 1. The molecule has 0 aliphatic carbocycles. The van der Waals surface area contributed by atoms with Gasteiger partial charge in [-0.2, -0.15) is 0 Å². The van der Waals surface area contributed by atoms with Crippen molar-refractivity contribution in [2.24, 2.45) is 4.99 Å². The summed E-state index contributed by atoms with van der Waals surface area (Å²) in [6, 6.07) is 7.47. The Balaban J connectivity index is 0.00000288. The van der Waals surface area contributed by atoms with E-state index in [0.717, 1.165) is 13.1 Å². The van der Waals surface area contributed by atoms with Crippen molar-refractivity contribution in [2.75, 3.05) is 26.7 Å². The quantitative estimate of drug-likeness (QED) is 0.260. The second-order valence-corrected chi connectivity index (χ2v) is 4.84. The molecule has 0 radical (unpaired) electrons. The summed E-state index contributed by atoms with van der Waals surface area (Å²) in [6.07, 6.45) is 7.23. The molecule has 0 aromatic carbocycles. The summed E-state index contributed by atoms with van der Waals surface area (Å²) in [7, 11) is 1.72. The lowest BCUT2D eigenvalue weighted by Gasteiger charge is -2.12. The Kier molecular flexibility index (Phi) is 9.51. The third kappa shape index (κ3) is 6.99. The van der Waals surface area contributed by atoms with Gasteiger partial charge in [-0.15, -0.1) is 24.0 Å². The summed E-state index contributed by atoms with van der Waals surface area (Å²) < 4.78 is 2.09. The van der Waals surface area contributed by atoms with Gasteiger partial charge in [0.25, 0.3) is 5.91 Å². The Morgan fingerprint density at radius 1 is 1.12 bits per heavy atom. The number of aromatic nitrogens is 2. The van der Waals surface area contributed by atoms with Crippen LogP contribution in [0.3, 0.4) is 0 Å². The molecule has 1 amide bonds. The van der Waals surface area contributed by atoms with E-state index in [2.05, 4.69) is 30.5 Å². The maximum atomic E-state index is 11.8. The van der Waals surface area contributed by atoms with Gasteiger partial charge < -0.3 is 20.5 Å². The number of hydrogen-bond acceptors (Lipinski definition) is 3. The van der Waals surface area contributed by atoms with Gasteiger partial charge in [-0.3, -0.25) is 14.8 Å². The molecule has 2 aromatic rings. The molecule has 7 nitrogen and oxygen atoms in total. The topological polar surface area (TPSA) is 83.3 Å². The van der Waals surface area contributed by atoms with Crippen molar-refractivity contribution < 1.29 is 4.79 Å². The normalized spacial score (nSPS) is 10.6. The number of nitrogens with zero attached hydrogens (tertiary/aromatic N) is 3. The molecular weight excluding hydrogens is 419 g/mol. The zero-order valence-electron chi connectivity index (χ0n) is 13.6. The number of aliphatic imine (C=N–C) groups is 1. The molecule has 0 saturated carbocycles. The molecule has 0 aliphatic heterocycles. The molecule has 130 valence electrons. The first-order valence-electron chi connectivity index (χ1n) is 7.53. The molecule has 0 saturated heterocycles. The van der Waals surface area contributed by atoms with Crippen LogP contribution in [0.1, 0.15) is 10.4 Å². The fourth-order valence-corrected chi connectivity index (χ4v) is 2.00. The molecule has 2 aromatic heterocycles. The van der Waals surface area contributed by atoms with Crippen LogP contribution in [-0.4, -0.2) is 48.1 Å². The summed E-state index contributed by atoms with van der Waals surface area (Å²) in [5, 5.41) is 9.21. The average molecular weight is 442 g/mol. The number of halogens is 1. The van der Waals surface area contributed by atoms with Crippen LogP contribution >= 0.6 is 24.0 Å². The molecule has 0 atom stereocenters. The second kappa shape index (κ2) is 11.4. The Morgan fingerprint density at radius 2 is 1.83 bits per heavy atom. The minimum atomic E-state index is -0.129. The predicted molar refractivity (Wildman–Crippen MR) is 106 cm³/mol. The first-order chi connectivity index (χ1) is 11.3. The van der Waals surface area contributed by atoms with E-state index in [1.807, 2.05) is 24.5 Å². The van der Waals surface area contributed by atoms with Gasteiger partial charge in [-0.25, -0.2) is 0 Å². The number of pyridine rings is 1. The first kappa shape index (κ1) is 19.9. The van der Waals surface area contributed by atoms with Crippen LogP contribution in [0.25, 0.3) is 0 Å². The Hall–Kier alpha value is -2.10. The van der Waals surface area contributed by atoms with Crippen molar-refractivity contribution >= 4 is 35.8 Å². The Labute approximate surface area is 159 Å². The van der Waals surface area contributed by atoms with Crippen LogP contribution in [0.4, 0.5) is 0 Å². The van der Waals surface area contributed by atoms with Gasteiger partial charge in [-0.05, 0) is 24.3 Å². The minimum absolute atomic E-state index is 0. The van der Waals surface area contributed by atoms with E-state index in [0.29, 0.717) is 24.6 Å². The summed E-state index contributed by atoms with van der Waals surface area (Å²) in [4.78, 5) is 19.9. The van der Waals surface area contributed by atoms with Gasteiger partial charge in [0, 0.05) is 58.0 Å². The Morgan fingerprint density at radius 3 is 2.50 bits per heavy atom. The molecule has 2 heterocycles. The van der Waals surface area contributed by atoms with Crippen molar-refractivity contribution in [2.45, 2.75) is 6.54 Å². The SMILES string of the molecule is CN=C(NCCNC(=O)c1cccnc1)NCCn1cccc1.I. The number of rotatable bonds is 7. The van der Waals surface area contributed by atoms with E-state index in [4.69, 9.17) is 0 Å². The molecule has 24 heavy (non-hydrogen) atoms. The number of nitrogens with one attached hydrogen (secondary N) is 3. The standard InChI is InChI=1S/C16H22N6O.HI/c1-17-16(21-9-12-22-10-2-3-11-22)20-8-7-19-15(23)14-5-4-6-18-13-14;/h2-6,10-11,13H,7-9,12H2,1H3,(H,19,23)(H2,17,20,21);1H. The maximum Gasteiger partial charge on any atom is 0.252 e. The van der Waals surface area contributed by atoms with Crippen molar-refractivity contribution in [3.8, 4) is 0 Å². The molecule has 2 rings (SSSR count). The van der Waals surface area contributed by atoms with Crippen LogP contribution in [0.15, 0.2) is 54.0 Å². The second-order valence-electron chi connectivity index (χ2n) is 4.84. The van der Waals surface area contributed by atoms with Gasteiger partial charge in [0.15, 0.2) is 5.96 Å². The molecule has 8 heteroatoms. The lowest BCUT2D eigenvalue weighted by atomic mass is 10.3. The summed E-state index contributed by atoms with van der Waals surface area (Å²) in [6.45, 7) is 2.74. The van der Waals surface area contributed by atoms with E-state index in [1.54, 1.807) is 31.6 Å². The molecule has 0 fully saturated rings. The fraction of sp³-hybridized carbons (Fsp3) is 0.312. The van der Waals surface area contributed by atoms with Gasteiger partial charge in [-0.1, -0.05) is 0 Å². The molecule has 0 unspecified atom stereocenters. The van der Waals surface area contributed by atoms with E-state index in [1.165, 1.54) is 0 Å². The number of carbonyl (C=O) groups is 1. The van der Waals surface area contributed by atoms with Gasteiger partial charge >= 0.3 is 0 Å². The largest absolute Gasteiger partial charge is 0.355 e. The van der Waals surface area contributed by atoms with Crippen molar-refractivity contribution in [1.82, 2.24) is 25.5 Å². The van der Waals surface area contributed by atoms with E-state index >= 15 is 0 Å². The van der Waals surface area contributed by atoms with E-state index in [-0.39, 0.29) is 29.9 Å². The molecule has 0 spiro atoms. The highest BCUT2D eigenvalue weighted by atomic mass is 127. The molecule has 3 N–H and O–H groups in total. The highest BCUT2D eigenvalue weighted by Crippen LogP contribution is 1.94.